The predicted molar refractivity (Wildman–Crippen MR) is 100 cm³/mol. The zero-order chi connectivity index (χ0) is 18.1. The Kier molecular flexibility index (Phi) is 4.53. The highest BCUT2D eigenvalue weighted by atomic mass is 35.5. The van der Waals surface area contributed by atoms with E-state index in [-0.39, 0.29) is 11.6 Å². The van der Waals surface area contributed by atoms with E-state index in [1.165, 1.54) is 29.5 Å². The zero-order valence-corrected chi connectivity index (χ0v) is 15.0. The third-order valence-corrected chi connectivity index (χ3v) is 5.20. The van der Waals surface area contributed by atoms with E-state index in [0.29, 0.717) is 34.6 Å². The van der Waals surface area contributed by atoms with Gasteiger partial charge in [0.25, 0.3) is 5.91 Å². The highest BCUT2D eigenvalue weighted by Crippen LogP contribution is 2.37. The number of hydrogen-bond donors (Lipinski definition) is 1. The highest BCUT2D eigenvalue weighted by Gasteiger charge is 2.16. The van der Waals surface area contributed by atoms with Crippen LogP contribution in [0.3, 0.4) is 0 Å². The molecule has 0 saturated carbocycles. The fourth-order valence-corrected chi connectivity index (χ4v) is 3.66. The summed E-state index contributed by atoms with van der Waals surface area (Å²) < 4.78 is 24.9. The molecule has 0 unspecified atom stereocenters. The van der Waals surface area contributed by atoms with Gasteiger partial charge in [-0.15, -0.1) is 11.3 Å². The summed E-state index contributed by atoms with van der Waals surface area (Å²) >= 11 is 7.16. The molecule has 4 nitrogen and oxygen atoms in total. The minimum atomic E-state index is -0.536. The molecule has 1 N–H and O–H groups in total. The van der Waals surface area contributed by atoms with E-state index < -0.39 is 5.82 Å². The van der Waals surface area contributed by atoms with Gasteiger partial charge in [-0.3, -0.25) is 4.79 Å². The van der Waals surface area contributed by atoms with Gasteiger partial charge in [-0.25, -0.2) is 4.39 Å². The molecule has 0 bridgehead atoms. The fraction of sp³-hybridized carbons (Fsp3) is 0.105. The second-order valence-electron chi connectivity index (χ2n) is 5.60. The van der Waals surface area contributed by atoms with Crippen LogP contribution < -0.4 is 14.8 Å². The van der Waals surface area contributed by atoms with Crippen LogP contribution in [0, 0.1) is 5.82 Å². The molecule has 7 heteroatoms. The van der Waals surface area contributed by atoms with Crippen molar-refractivity contribution in [1.82, 2.24) is 0 Å². The van der Waals surface area contributed by atoms with Gasteiger partial charge in [0.2, 0.25) is 0 Å². The van der Waals surface area contributed by atoms with Crippen LogP contribution in [0.15, 0.2) is 48.5 Å². The molecule has 26 heavy (non-hydrogen) atoms. The quantitative estimate of drug-likeness (QED) is 0.667. The number of nitrogens with one attached hydrogen (secondary N) is 1. The van der Waals surface area contributed by atoms with Crippen LogP contribution in [0.5, 0.6) is 11.5 Å². The average Bonchev–Trinajstić information content (AvgIpc) is 3.14. The molecule has 1 aromatic heterocycles. The molecule has 0 atom stereocenters. The number of halogens is 2. The van der Waals surface area contributed by atoms with E-state index >= 15 is 0 Å². The molecule has 0 spiro atoms. The lowest BCUT2D eigenvalue weighted by Crippen LogP contribution is -2.15. The standard InChI is InChI=1S/C19H13ClFNO3S/c20-12-2-3-13(21)14(10-12)22-19(23)18-6-5-17(26-18)11-1-4-15-16(9-11)25-8-7-24-15/h1-6,9-10H,7-8H2,(H,22,23). The van der Waals surface area contributed by atoms with Crippen molar-refractivity contribution in [3.05, 3.63) is 64.2 Å². The summed E-state index contributed by atoms with van der Waals surface area (Å²) in [5, 5.41) is 2.90. The number of benzene rings is 2. The third kappa shape index (κ3) is 3.38. The lowest BCUT2D eigenvalue weighted by molar-refractivity contribution is 0.103. The first-order chi connectivity index (χ1) is 12.6. The van der Waals surface area contributed by atoms with Crippen LogP contribution in [-0.4, -0.2) is 19.1 Å². The SMILES string of the molecule is O=C(Nc1cc(Cl)ccc1F)c1ccc(-c2ccc3c(c2)OCCO3)s1. The molecule has 1 amide bonds. The second kappa shape index (κ2) is 6.97. The van der Waals surface area contributed by atoms with Crippen LogP contribution in [-0.2, 0) is 0 Å². The Morgan fingerprint density at radius 2 is 1.85 bits per heavy atom. The second-order valence-corrected chi connectivity index (χ2v) is 7.12. The summed E-state index contributed by atoms with van der Waals surface area (Å²) in [6.45, 7) is 1.05. The number of anilines is 1. The van der Waals surface area contributed by atoms with Crippen molar-refractivity contribution in [3.63, 3.8) is 0 Å². The molecule has 2 aromatic carbocycles. The van der Waals surface area contributed by atoms with Gasteiger partial charge in [-0.2, -0.15) is 0 Å². The van der Waals surface area contributed by atoms with Gasteiger partial charge in [-0.05, 0) is 54.1 Å². The largest absolute Gasteiger partial charge is 0.486 e. The molecule has 1 aliphatic heterocycles. The monoisotopic (exact) mass is 389 g/mol. The normalized spacial score (nSPS) is 12.7. The van der Waals surface area contributed by atoms with Crippen LogP contribution in [0.2, 0.25) is 5.02 Å². The van der Waals surface area contributed by atoms with Crippen LogP contribution in [0.1, 0.15) is 9.67 Å². The van der Waals surface area contributed by atoms with Gasteiger partial charge in [0, 0.05) is 9.90 Å². The predicted octanol–water partition coefficient (Wildman–Crippen LogP) is 5.23. The summed E-state index contributed by atoms with van der Waals surface area (Å²) in [7, 11) is 0. The third-order valence-electron chi connectivity index (χ3n) is 3.83. The summed E-state index contributed by atoms with van der Waals surface area (Å²) in [6, 6.07) is 13.2. The Balaban J connectivity index is 1.56. The Hall–Kier alpha value is -2.57. The van der Waals surface area contributed by atoms with E-state index in [1.54, 1.807) is 6.07 Å². The molecule has 0 aliphatic carbocycles. The summed E-state index contributed by atoms with van der Waals surface area (Å²) in [5.74, 6) is 0.478. The van der Waals surface area contributed by atoms with Gasteiger partial charge < -0.3 is 14.8 Å². The number of thiophene rings is 1. The van der Waals surface area contributed by atoms with Gasteiger partial charge >= 0.3 is 0 Å². The van der Waals surface area contributed by atoms with Crippen molar-refractivity contribution in [2.75, 3.05) is 18.5 Å². The number of carbonyl (C=O) groups is 1. The van der Waals surface area contributed by atoms with Crippen LogP contribution in [0.4, 0.5) is 10.1 Å². The van der Waals surface area contributed by atoms with Crippen molar-refractivity contribution in [1.29, 1.82) is 0 Å². The minimum Gasteiger partial charge on any atom is -0.486 e. The maximum absolute atomic E-state index is 13.8. The first-order valence-electron chi connectivity index (χ1n) is 7.86. The van der Waals surface area contributed by atoms with E-state index in [4.69, 9.17) is 21.1 Å². The maximum Gasteiger partial charge on any atom is 0.265 e. The van der Waals surface area contributed by atoms with E-state index in [2.05, 4.69) is 5.32 Å². The van der Waals surface area contributed by atoms with Gasteiger partial charge in [0.1, 0.15) is 19.0 Å². The molecule has 132 valence electrons. The molecule has 1 aliphatic rings. The van der Waals surface area contributed by atoms with Crippen LogP contribution in [0.25, 0.3) is 10.4 Å². The first-order valence-corrected chi connectivity index (χ1v) is 9.06. The Labute approximate surface area is 158 Å². The van der Waals surface area contributed by atoms with Crippen molar-refractivity contribution in [3.8, 4) is 21.9 Å². The topological polar surface area (TPSA) is 47.6 Å². The van der Waals surface area contributed by atoms with Crippen molar-refractivity contribution in [2.24, 2.45) is 0 Å². The summed E-state index contributed by atoms with van der Waals surface area (Å²) in [6.07, 6.45) is 0. The van der Waals surface area contributed by atoms with E-state index in [0.717, 1.165) is 10.4 Å². The number of carbonyl (C=O) groups excluding carboxylic acids is 1. The molecule has 0 radical (unpaired) electrons. The van der Waals surface area contributed by atoms with Crippen molar-refractivity contribution < 1.29 is 18.7 Å². The van der Waals surface area contributed by atoms with E-state index in [1.807, 2.05) is 24.3 Å². The molecule has 2 heterocycles. The average molecular weight is 390 g/mol. The number of fused-ring (bicyclic) bond motifs is 1. The van der Waals surface area contributed by atoms with E-state index in [9.17, 15) is 9.18 Å². The number of ether oxygens (including phenoxy) is 2. The fourth-order valence-electron chi connectivity index (χ4n) is 2.59. The smallest absolute Gasteiger partial charge is 0.265 e. The van der Waals surface area contributed by atoms with Gasteiger partial charge in [0.05, 0.1) is 10.6 Å². The molecule has 0 fully saturated rings. The zero-order valence-electron chi connectivity index (χ0n) is 13.4. The Morgan fingerprint density at radius 1 is 1.04 bits per heavy atom. The van der Waals surface area contributed by atoms with Crippen molar-refractivity contribution in [2.45, 2.75) is 0 Å². The van der Waals surface area contributed by atoms with Gasteiger partial charge in [0.15, 0.2) is 11.5 Å². The Morgan fingerprint density at radius 3 is 2.69 bits per heavy atom. The van der Waals surface area contributed by atoms with Gasteiger partial charge in [-0.1, -0.05) is 11.6 Å². The molecule has 3 aromatic rings. The lowest BCUT2D eigenvalue weighted by Gasteiger charge is -2.18. The first kappa shape index (κ1) is 16.9. The van der Waals surface area contributed by atoms with Crippen molar-refractivity contribution >= 4 is 34.5 Å². The van der Waals surface area contributed by atoms with Crippen LogP contribution >= 0.6 is 22.9 Å². The highest BCUT2D eigenvalue weighted by molar-refractivity contribution is 7.17. The minimum absolute atomic E-state index is 0.0526. The molecular formula is C19H13ClFNO3S. The molecular weight excluding hydrogens is 377 g/mol. The summed E-state index contributed by atoms with van der Waals surface area (Å²) in [4.78, 5) is 13.8. The number of hydrogen-bond acceptors (Lipinski definition) is 4. The maximum atomic E-state index is 13.8. The molecule has 0 saturated heterocycles. The Bertz CT molecular complexity index is 989. The number of rotatable bonds is 3. The lowest BCUT2D eigenvalue weighted by atomic mass is 10.1. The molecule has 4 rings (SSSR count). The summed E-state index contributed by atoms with van der Waals surface area (Å²) in [5.41, 5.74) is 0.976. The number of amides is 1.